The summed E-state index contributed by atoms with van der Waals surface area (Å²) in [4.78, 5) is 28.2. The first kappa shape index (κ1) is 15.5. The molecule has 1 N–H and O–H groups in total. The quantitative estimate of drug-likeness (QED) is 0.855. The molecule has 0 spiro atoms. The summed E-state index contributed by atoms with van der Waals surface area (Å²) in [7, 11) is 0. The van der Waals surface area contributed by atoms with Crippen LogP contribution in [0.1, 0.15) is 26.5 Å². The van der Waals surface area contributed by atoms with E-state index in [0.717, 1.165) is 14.5 Å². The van der Waals surface area contributed by atoms with E-state index in [1.54, 1.807) is 40.0 Å². The minimum absolute atomic E-state index is 0.357. The molecule has 1 amide bonds. The van der Waals surface area contributed by atoms with Crippen LogP contribution in [0.4, 0.5) is 4.79 Å². The number of carbonyl (C=O) groups is 1. The van der Waals surface area contributed by atoms with Crippen molar-refractivity contribution in [2.24, 2.45) is 0 Å². The number of hydrogen-bond acceptors (Lipinski definition) is 4. The van der Waals surface area contributed by atoms with Crippen LogP contribution in [0.2, 0.25) is 0 Å². The molecular weight excluding hydrogens is 338 g/mol. The molecule has 6 nitrogen and oxygen atoms in total. The van der Waals surface area contributed by atoms with E-state index in [1.807, 2.05) is 0 Å². The molecule has 2 aromatic rings. The average molecular weight is 354 g/mol. The molecule has 0 aliphatic heterocycles. The fourth-order valence-corrected chi connectivity index (χ4v) is 2.37. The van der Waals surface area contributed by atoms with Gasteiger partial charge < -0.3 is 4.74 Å². The molecule has 0 bridgehead atoms. The van der Waals surface area contributed by atoms with Gasteiger partial charge in [-0.2, -0.15) is 0 Å². The Balaban J connectivity index is 2.50. The van der Waals surface area contributed by atoms with Gasteiger partial charge in [-0.15, -0.1) is 0 Å². The molecule has 2 heterocycles. The predicted octanol–water partition coefficient (Wildman–Crippen LogP) is 2.95. The van der Waals surface area contributed by atoms with E-state index in [4.69, 9.17) is 4.74 Å². The van der Waals surface area contributed by atoms with Crippen LogP contribution in [0.3, 0.4) is 0 Å². The second-order valence-corrected chi connectivity index (χ2v) is 6.37. The van der Waals surface area contributed by atoms with Crippen molar-refractivity contribution >= 4 is 32.8 Å². The van der Waals surface area contributed by atoms with Crippen LogP contribution in [0.15, 0.2) is 27.7 Å². The minimum atomic E-state index is -0.692. The van der Waals surface area contributed by atoms with Gasteiger partial charge in [0.1, 0.15) is 5.60 Å². The second-order valence-electron chi connectivity index (χ2n) is 5.57. The Bertz CT molecular complexity index is 762. The highest BCUT2D eigenvalue weighted by molar-refractivity contribution is 9.10. The standard InChI is InChI=1S/C14H16BrN3O3/c1-8-11(15)9-5-6-16-7-10(9)12(19)18(8)17-13(20)21-14(2,3)4/h5-7H,1-4H3,(H,17,20). The number of hydrogen-bond donors (Lipinski definition) is 1. The lowest BCUT2D eigenvalue weighted by molar-refractivity contribution is 0.0611. The number of amides is 1. The Morgan fingerprint density at radius 2 is 2.05 bits per heavy atom. The molecule has 0 unspecified atom stereocenters. The van der Waals surface area contributed by atoms with Gasteiger partial charge >= 0.3 is 6.09 Å². The van der Waals surface area contributed by atoms with Gasteiger partial charge in [0.05, 0.1) is 11.1 Å². The summed E-state index contributed by atoms with van der Waals surface area (Å²) < 4.78 is 7.04. The Morgan fingerprint density at radius 1 is 1.38 bits per heavy atom. The molecule has 0 saturated carbocycles. The van der Waals surface area contributed by atoms with Crippen LogP contribution in [0.25, 0.3) is 10.8 Å². The molecule has 0 saturated heterocycles. The maximum absolute atomic E-state index is 12.4. The van der Waals surface area contributed by atoms with Crippen molar-refractivity contribution in [2.75, 3.05) is 5.43 Å². The summed E-state index contributed by atoms with van der Waals surface area (Å²) in [5, 5.41) is 1.15. The SMILES string of the molecule is Cc1c(Br)c2ccncc2c(=O)n1NC(=O)OC(C)(C)C. The normalized spacial score (nSPS) is 11.5. The predicted molar refractivity (Wildman–Crippen MR) is 84.0 cm³/mol. The smallest absolute Gasteiger partial charge is 0.427 e. The number of pyridine rings is 2. The summed E-state index contributed by atoms with van der Waals surface area (Å²) in [6, 6.07) is 1.74. The number of halogens is 1. The average Bonchev–Trinajstić information content (AvgIpc) is 2.39. The van der Waals surface area contributed by atoms with Crippen molar-refractivity contribution in [1.29, 1.82) is 0 Å². The molecule has 112 valence electrons. The third-order valence-electron chi connectivity index (χ3n) is 2.75. The first-order chi connectivity index (χ1) is 9.70. The molecule has 0 aromatic carbocycles. The van der Waals surface area contributed by atoms with Gasteiger partial charge in [0.25, 0.3) is 5.56 Å². The zero-order valence-corrected chi connectivity index (χ0v) is 13.8. The second kappa shape index (κ2) is 5.48. The van der Waals surface area contributed by atoms with E-state index in [1.165, 1.54) is 6.20 Å². The lowest BCUT2D eigenvalue weighted by Gasteiger charge is -2.21. The number of carbonyl (C=O) groups excluding carboxylic acids is 1. The third-order valence-corrected chi connectivity index (χ3v) is 3.75. The molecule has 21 heavy (non-hydrogen) atoms. The highest BCUT2D eigenvalue weighted by Gasteiger charge is 2.19. The lowest BCUT2D eigenvalue weighted by Crippen LogP contribution is -2.38. The topological polar surface area (TPSA) is 73.2 Å². The van der Waals surface area contributed by atoms with Crippen LogP contribution in [0.5, 0.6) is 0 Å². The van der Waals surface area contributed by atoms with Gasteiger partial charge in [-0.25, -0.2) is 14.9 Å². The molecule has 0 atom stereocenters. The lowest BCUT2D eigenvalue weighted by atomic mass is 10.2. The zero-order chi connectivity index (χ0) is 15.8. The number of aromatic nitrogens is 2. The van der Waals surface area contributed by atoms with E-state index in [-0.39, 0.29) is 5.56 Å². The highest BCUT2D eigenvalue weighted by Crippen LogP contribution is 2.23. The fraction of sp³-hybridized carbons (Fsp3) is 0.357. The van der Waals surface area contributed by atoms with Gasteiger partial charge in [-0.1, -0.05) is 0 Å². The van der Waals surface area contributed by atoms with Crippen molar-refractivity contribution < 1.29 is 9.53 Å². The summed E-state index contributed by atoms with van der Waals surface area (Å²) in [5.74, 6) is 0. The van der Waals surface area contributed by atoms with Crippen LogP contribution in [0, 0.1) is 6.92 Å². The number of ether oxygens (including phenoxy) is 1. The van der Waals surface area contributed by atoms with E-state index >= 15 is 0 Å². The number of rotatable bonds is 1. The van der Waals surface area contributed by atoms with Crippen molar-refractivity contribution in [2.45, 2.75) is 33.3 Å². The van der Waals surface area contributed by atoms with Crippen molar-refractivity contribution in [3.63, 3.8) is 0 Å². The molecule has 0 aliphatic rings. The van der Waals surface area contributed by atoms with Gasteiger partial charge in [-0.3, -0.25) is 9.78 Å². The molecule has 7 heteroatoms. The maximum atomic E-state index is 12.4. The van der Waals surface area contributed by atoms with Gasteiger partial charge in [0.2, 0.25) is 0 Å². The monoisotopic (exact) mass is 353 g/mol. The summed E-state index contributed by atoms with van der Waals surface area (Å²) in [6.45, 7) is 6.98. The molecule has 0 radical (unpaired) electrons. The Kier molecular flexibility index (Phi) is 4.04. The van der Waals surface area contributed by atoms with E-state index in [9.17, 15) is 9.59 Å². The number of fused-ring (bicyclic) bond motifs is 1. The Labute approximate surface area is 130 Å². The maximum Gasteiger partial charge on any atom is 0.427 e. The van der Waals surface area contributed by atoms with E-state index in [2.05, 4.69) is 26.3 Å². The van der Waals surface area contributed by atoms with Gasteiger partial charge in [0, 0.05) is 22.3 Å². The highest BCUT2D eigenvalue weighted by atomic mass is 79.9. The van der Waals surface area contributed by atoms with Crippen molar-refractivity contribution in [1.82, 2.24) is 9.66 Å². The van der Waals surface area contributed by atoms with E-state index in [0.29, 0.717) is 11.1 Å². The molecule has 0 fully saturated rings. The van der Waals surface area contributed by atoms with E-state index < -0.39 is 11.7 Å². The minimum Gasteiger partial charge on any atom is -0.443 e. The van der Waals surface area contributed by atoms with Crippen LogP contribution < -0.4 is 11.0 Å². The number of nitrogens with zero attached hydrogens (tertiary/aromatic N) is 2. The van der Waals surface area contributed by atoms with Crippen LogP contribution >= 0.6 is 15.9 Å². The third kappa shape index (κ3) is 3.24. The van der Waals surface area contributed by atoms with Crippen molar-refractivity contribution in [3.05, 3.63) is 39.0 Å². The van der Waals surface area contributed by atoms with Crippen LogP contribution in [-0.2, 0) is 4.74 Å². The molecule has 2 rings (SSSR count). The largest absolute Gasteiger partial charge is 0.443 e. The van der Waals surface area contributed by atoms with Crippen molar-refractivity contribution in [3.8, 4) is 0 Å². The number of nitrogens with one attached hydrogen (secondary N) is 1. The van der Waals surface area contributed by atoms with Gasteiger partial charge in [0.15, 0.2) is 0 Å². The Morgan fingerprint density at radius 3 is 2.67 bits per heavy atom. The molecule has 0 aliphatic carbocycles. The summed E-state index contributed by atoms with van der Waals surface area (Å²) in [6.07, 6.45) is 2.38. The first-order valence-corrected chi connectivity index (χ1v) is 7.15. The summed E-state index contributed by atoms with van der Waals surface area (Å²) >= 11 is 3.44. The molecular formula is C14H16BrN3O3. The summed E-state index contributed by atoms with van der Waals surface area (Å²) in [5.41, 5.74) is 2.03. The fourth-order valence-electron chi connectivity index (χ4n) is 1.85. The zero-order valence-electron chi connectivity index (χ0n) is 12.2. The molecule has 2 aromatic heterocycles. The first-order valence-electron chi connectivity index (χ1n) is 6.35. The van der Waals surface area contributed by atoms with Gasteiger partial charge in [-0.05, 0) is 49.7 Å². The van der Waals surface area contributed by atoms with Crippen LogP contribution in [-0.4, -0.2) is 21.4 Å². The Hall–Kier alpha value is -1.89.